The van der Waals surface area contributed by atoms with E-state index in [2.05, 4.69) is 0 Å². The van der Waals surface area contributed by atoms with E-state index in [1.165, 1.54) is 0 Å². The van der Waals surface area contributed by atoms with Gasteiger partial charge in [0.2, 0.25) is 0 Å². The van der Waals surface area contributed by atoms with Gasteiger partial charge in [-0.3, -0.25) is 0 Å². The molecule has 0 bridgehead atoms. The van der Waals surface area contributed by atoms with Crippen molar-refractivity contribution in [3.05, 3.63) is 41.2 Å². The number of hydrogen-bond donors (Lipinski definition) is 1. The maximum absolute atomic E-state index is 11.7. The Balaban J connectivity index is 2.50. The van der Waals surface area contributed by atoms with E-state index in [4.69, 9.17) is 10.00 Å². The molecular formula is C13H11NO3. The van der Waals surface area contributed by atoms with Crippen molar-refractivity contribution in [3.63, 3.8) is 0 Å². The van der Waals surface area contributed by atoms with E-state index in [0.29, 0.717) is 11.1 Å². The van der Waals surface area contributed by atoms with Gasteiger partial charge in [0.05, 0.1) is 11.6 Å². The van der Waals surface area contributed by atoms with Gasteiger partial charge < -0.3 is 9.84 Å². The summed E-state index contributed by atoms with van der Waals surface area (Å²) < 4.78 is 5.06. The second kappa shape index (κ2) is 3.63. The molecule has 86 valence electrons. The summed E-state index contributed by atoms with van der Waals surface area (Å²) >= 11 is 0. The van der Waals surface area contributed by atoms with Crippen LogP contribution in [0.2, 0.25) is 0 Å². The molecule has 1 aliphatic rings. The number of carbonyl (C=O) groups is 1. The van der Waals surface area contributed by atoms with Crippen molar-refractivity contribution in [2.45, 2.75) is 19.4 Å². The monoisotopic (exact) mass is 229 g/mol. The predicted octanol–water partition coefficient (Wildman–Crippen LogP) is 2.16. The molecule has 0 spiro atoms. The van der Waals surface area contributed by atoms with Gasteiger partial charge in [0.15, 0.2) is 11.4 Å². The predicted molar refractivity (Wildman–Crippen MR) is 60.9 cm³/mol. The summed E-state index contributed by atoms with van der Waals surface area (Å²) in [6.07, 6.45) is 0. The largest absolute Gasteiger partial charge is 0.507 e. The molecule has 0 aromatic heterocycles. The number of hydrogen-bond acceptors (Lipinski definition) is 4. The average molecular weight is 229 g/mol. The van der Waals surface area contributed by atoms with E-state index < -0.39 is 11.6 Å². The lowest BCUT2D eigenvalue weighted by molar-refractivity contribution is -0.143. The molecule has 0 saturated carbocycles. The molecule has 1 aromatic rings. The molecule has 0 fully saturated rings. The van der Waals surface area contributed by atoms with Gasteiger partial charge >= 0.3 is 5.97 Å². The molecule has 1 aromatic carbocycles. The molecule has 0 saturated heterocycles. The number of ether oxygens (including phenoxy) is 1. The third kappa shape index (κ3) is 1.76. The first-order valence-corrected chi connectivity index (χ1v) is 5.13. The Kier molecular flexibility index (Phi) is 2.40. The van der Waals surface area contributed by atoms with Gasteiger partial charge in [-0.15, -0.1) is 0 Å². The summed E-state index contributed by atoms with van der Waals surface area (Å²) in [5.41, 5.74) is 0.233. The number of carbonyl (C=O) groups excluding carboxylic acids is 1. The zero-order valence-electron chi connectivity index (χ0n) is 9.52. The zero-order chi connectivity index (χ0) is 12.6. The van der Waals surface area contributed by atoms with Gasteiger partial charge in [-0.25, -0.2) is 4.79 Å². The molecule has 1 aliphatic heterocycles. The molecular weight excluding hydrogens is 218 g/mol. The fourth-order valence-electron chi connectivity index (χ4n) is 1.69. The summed E-state index contributed by atoms with van der Waals surface area (Å²) in [7, 11) is 0. The van der Waals surface area contributed by atoms with E-state index in [1.807, 2.05) is 6.07 Å². The Labute approximate surface area is 98.8 Å². The van der Waals surface area contributed by atoms with E-state index in [9.17, 15) is 9.90 Å². The van der Waals surface area contributed by atoms with Crippen LogP contribution >= 0.6 is 0 Å². The van der Waals surface area contributed by atoms with E-state index in [0.717, 1.165) is 0 Å². The highest BCUT2D eigenvalue weighted by atomic mass is 16.6. The number of nitriles is 1. The van der Waals surface area contributed by atoms with Gasteiger partial charge in [0, 0.05) is 0 Å². The number of rotatable bonds is 1. The Bertz CT molecular complexity index is 547. The number of nitrogens with zero attached hydrogens (tertiary/aromatic N) is 1. The van der Waals surface area contributed by atoms with Crippen molar-refractivity contribution in [2.24, 2.45) is 0 Å². The summed E-state index contributed by atoms with van der Waals surface area (Å²) in [6.45, 7) is 3.24. The molecule has 4 nitrogen and oxygen atoms in total. The molecule has 0 aliphatic carbocycles. The fraction of sp³-hybridized carbons (Fsp3) is 0.231. The standard InChI is InChI=1S/C13H11NO3/c1-13(2)11(15)10(12(16)17-13)9-5-3-8(7-14)4-6-9/h3-6,15H,1-2H3. The van der Waals surface area contributed by atoms with Gasteiger partial charge in [-0.05, 0) is 31.5 Å². The minimum Gasteiger partial charge on any atom is -0.507 e. The molecule has 17 heavy (non-hydrogen) atoms. The SMILES string of the molecule is CC1(C)OC(=O)C(c2ccc(C#N)cc2)=C1O. The maximum atomic E-state index is 11.7. The number of aliphatic hydroxyl groups excluding tert-OH is 1. The van der Waals surface area contributed by atoms with Gasteiger partial charge in [-0.1, -0.05) is 12.1 Å². The number of aliphatic hydroxyl groups is 1. The molecule has 0 unspecified atom stereocenters. The van der Waals surface area contributed by atoms with Crippen LogP contribution in [0.15, 0.2) is 30.0 Å². The van der Waals surface area contributed by atoms with Crippen LogP contribution in [-0.2, 0) is 9.53 Å². The van der Waals surface area contributed by atoms with Crippen LogP contribution in [0, 0.1) is 11.3 Å². The number of esters is 1. The van der Waals surface area contributed by atoms with Crippen molar-refractivity contribution < 1.29 is 14.6 Å². The normalized spacial score (nSPS) is 17.8. The Morgan fingerprint density at radius 3 is 2.29 bits per heavy atom. The Morgan fingerprint density at radius 2 is 1.88 bits per heavy atom. The summed E-state index contributed by atoms with van der Waals surface area (Å²) in [5, 5.41) is 18.6. The first-order valence-electron chi connectivity index (χ1n) is 5.13. The highest BCUT2D eigenvalue weighted by Gasteiger charge is 2.41. The quantitative estimate of drug-likeness (QED) is 0.749. The summed E-state index contributed by atoms with van der Waals surface area (Å²) in [5.74, 6) is -0.621. The van der Waals surface area contributed by atoms with Gasteiger partial charge in [0.25, 0.3) is 0 Å². The van der Waals surface area contributed by atoms with Crippen molar-refractivity contribution in [1.82, 2.24) is 0 Å². The van der Waals surface area contributed by atoms with Crippen molar-refractivity contribution in [1.29, 1.82) is 5.26 Å². The third-order valence-electron chi connectivity index (χ3n) is 2.66. The van der Waals surface area contributed by atoms with Crippen LogP contribution in [-0.4, -0.2) is 16.7 Å². The first-order chi connectivity index (χ1) is 7.95. The van der Waals surface area contributed by atoms with E-state index in [-0.39, 0.29) is 11.3 Å². The van der Waals surface area contributed by atoms with Crippen LogP contribution in [0.3, 0.4) is 0 Å². The topological polar surface area (TPSA) is 70.3 Å². The van der Waals surface area contributed by atoms with E-state index in [1.54, 1.807) is 38.1 Å². The number of cyclic esters (lactones) is 1. The maximum Gasteiger partial charge on any atom is 0.343 e. The smallest absolute Gasteiger partial charge is 0.343 e. The summed E-state index contributed by atoms with van der Waals surface area (Å²) in [4.78, 5) is 11.7. The van der Waals surface area contributed by atoms with Gasteiger partial charge in [-0.2, -0.15) is 5.26 Å². The third-order valence-corrected chi connectivity index (χ3v) is 2.66. The van der Waals surface area contributed by atoms with Crippen molar-refractivity contribution in [3.8, 4) is 6.07 Å². The van der Waals surface area contributed by atoms with Crippen LogP contribution in [0.4, 0.5) is 0 Å². The van der Waals surface area contributed by atoms with E-state index >= 15 is 0 Å². The van der Waals surface area contributed by atoms with Crippen molar-refractivity contribution in [2.75, 3.05) is 0 Å². The molecule has 4 heteroatoms. The summed E-state index contributed by atoms with van der Waals surface area (Å²) in [6, 6.07) is 8.41. The van der Waals surface area contributed by atoms with Gasteiger partial charge in [0.1, 0.15) is 5.57 Å². The Hall–Kier alpha value is -2.28. The molecule has 1 heterocycles. The molecule has 2 rings (SSSR count). The van der Waals surface area contributed by atoms with Crippen LogP contribution in [0.1, 0.15) is 25.0 Å². The first kappa shape index (κ1) is 11.2. The average Bonchev–Trinajstić information content (AvgIpc) is 2.49. The minimum absolute atomic E-state index is 0.0767. The number of benzene rings is 1. The van der Waals surface area contributed by atoms with Crippen molar-refractivity contribution >= 4 is 11.5 Å². The zero-order valence-corrected chi connectivity index (χ0v) is 9.52. The fourth-order valence-corrected chi connectivity index (χ4v) is 1.69. The second-order valence-electron chi connectivity index (χ2n) is 4.31. The lowest BCUT2D eigenvalue weighted by Gasteiger charge is -2.16. The highest BCUT2D eigenvalue weighted by molar-refractivity contribution is 6.19. The van der Waals surface area contributed by atoms with Crippen LogP contribution in [0.5, 0.6) is 0 Å². The molecule has 0 radical (unpaired) electrons. The molecule has 0 amide bonds. The highest BCUT2D eigenvalue weighted by Crippen LogP contribution is 2.35. The Morgan fingerprint density at radius 1 is 1.29 bits per heavy atom. The minimum atomic E-state index is -0.986. The van der Waals surface area contributed by atoms with Crippen LogP contribution < -0.4 is 0 Å². The molecule has 0 atom stereocenters. The molecule has 1 N–H and O–H groups in total. The van der Waals surface area contributed by atoms with Crippen LogP contribution in [0.25, 0.3) is 5.57 Å². The lowest BCUT2D eigenvalue weighted by atomic mass is 9.99. The second-order valence-corrected chi connectivity index (χ2v) is 4.31. The lowest BCUT2D eigenvalue weighted by Crippen LogP contribution is -2.22.